The summed E-state index contributed by atoms with van der Waals surface area (Å²) in [5.41, 5.74) is 1.75. The normalized spacial score (nSPS) is 10.2. The van der Waals surface area contributed by atoms with Crippen LogP contribution in [0.1, 0.15) is 5.56 Å². The predicted molar refractivity (Wildman–Crippen MR) is 45.5 cm³/mol. The molecule has 5 heteroatoms. The van der Waals surface area contributed by atoms with Gasteiger partial charge in [0.25, 0.3) is 0 Å². The highest BCUT2D eigenvalue weighted by Gasteiger charge is 2.01. The second kappa shape index (κ2) is 3.32. The lowest BCUT2D eigenvalue weighted by atomic mass is 10.1. The Kier molecular flexibility index (Phi) is 2.01. The van der Waals surface area contributed by atoms with Crippen molar-refractivity contribution in [2.24, 2.45) is 0 Å². The summed E-state index contributed by atoms with van der Waals surface area (Å²) in [5.74, 6) is 0.560. The van der Waals surface area contributed by atoms with Crippen molar-refractivity contribution < 1.29 is 5.11 Å². The molecule has 1 aromatic heterocycles. The van der Waals surface area contributed by atoms with Crippen molar-refractivity contribution in [2.75, 3.05) is 0 Å². The summed E-state index contributed by atoms with van der Waals surface area (Å²) in [5, 5.41) is 22.3. The Labute approximate surface area is 74.4 Å². The number of aliphatic hydroxyl groups excluding tert-OH is 1. The Bertz CT molecular complexity index is 368. The van der Waals surface area contributed by atoms with E-state index in [-0.39, 0.29) is 6.61 Å². The van der Waals surface area contributed by atoms with Gasteiger partial charge >= 0.3 is 0 Å². The standard InChI is InChI=1S/C8H8N4O/c13-5-6-1-3-7(4-2-6)8-9-11-12-10-8/h1-4,13H,5H2,(H,9,10,11,12). The lowest BCUT2D eigenvalue weighted by molar-refractivity contribution is 0.282. The Hall–Kier alpha value is -1.75. The summed E-state index contributed by atoms with van der Waals surface area (Å²) in [6, 6.07) is 7.34. The zero-order chi connectivity index (χ0) is 9.10. The molecule has 0 fully saturated rings. The second-order valence-electron chi connectivity index (χ2n) is 2.59. The highest BCUT2D eigenvalue weighted by atomic mass is 16.3. The molecule has 0 aliphatic rings. The zero-order valence-electron chi connectivity index (χ0n) is 6.81. The highest BCUT2D eigenvalue weighted by molar-refractivity contribution is 5.53. The van der Waals surface area contributed by atoms with Crippen molar-refractivity contribution in [1.29, 1.82) is 0 Å². The monoisotopic (exact) mass is 176 g/mol. The van der Waals surface area contributed by atoms with Gasteiger partial charge in [-0.2, -0.15) is 5.21 Å². The average Bonchev–Trinajstić information content (AvgIpc) is 2.71. The number of H-pyrrole nitrogens is 1. The van der Waals surface area contributed by atoms with E-state index in [1.165, 1.54) is 0 Å². The summed E-state index contributed by atoms with van der Waals surface area (Å²) in [6.07, 6.45) is 0. The molecule has 0 unspecified atom stereocenters. The van der Waals surface area contributed by atoms with Gasteiger partial charge in [-0.05, 0) is 10.8 Å². The van der Waals surface area contributed by atoms with Crippen molar-refractivity contribution in [1.82, 2.24) is 20.6 Å². The fraction of sp³-hybridized carbons (Fsp3) is 0.125. The van der Waals surface area contributed by atoms with E-state index in [1.807, 2.05) is 24.3 Å². The molecule has 2 rings (SSSR count). The Morgan fingerprint density at radius 3 is 2.54 bits per heavy atom. The van der Waals surface area contributed by atoms with Gasteiger partial charge in [0.2, 0.25) is 5.82 Å². The van der Waals surface area contributed by atoms with E-state index >= 15 is 0 Å². The molecule has 1 heterocycles. The molecule has 0 spiro atoms. The Morgan fingerprint density at radius 1 is 1.23 bits per heavy atom. The van der Waals surface area contributed by atoms with Gasteiger partial charge in [0.1, 0.15) is 0 Å². The van der Waals surface area contributed by atoms with Crippen LogP contribution in [-0.4, -0.2) is 25.7 Å². The van der Waals surface area contributed by atoms with Crippen molar-refractivity contribution in [3.63, 3.8) is 0 Å². The van der Waals surface area contributed by atoms with Crippen LogP contribution in [0.3, 0.4) is 0 Å². The number of benzene rings is 1. The number of nitrogens with one attached hydrogen (secondary N) is 1. The number of aromatic amines is 1. The van der Waals surface area contributed by atoms with E-state index in [4.69, 9.17) is 5.11 Å². The number of hydrogen-bond acceptors (Lipinski definition) is 4. The highest BCUT2D eigenvalue weighted by Crippen LogP contribution is 2.13. The number of aliphatic hydroxyl groups is 1. The van der Waals surface area contributed by atoms with Gasteiger partial charge in [-0.15, -0.1) is 10.2 Å². The second-order valence-corrected chi connectivity index (χ2v) is 2.59. The fourth-order valence-corrected chi connectivity index (χ4v) is 1.04. The summed E-state index contributed by atoms with van der Waals surface area (Å²) < 4.78 is 0. The number of nitrogens with zero attached hydrogens (tertiary/aromatic N) is 3. The number of rotatable bonds is 2. The molecule has 2 N–H and O–H groups in total. The lowest BCUT2D eigenvalue weighted by Crippen LogP contribution is -1.84. The molecular formula is C8H8N4O. The average molecular weight is 176 g/mol. The minimum Gasteiger partial charge on any atom is -0.392 e. The van der Waals surface area contributed by atoms with E-state index in [1.54, 1.807) is 0 Å². The summed E-state index contributed by atoms with van der Waals surface area (Å²) in [4.78, 5) is 0. The summed E-state index contributed by atoms with van der Waals surface area (Å²) in [7, 11) is 0. The molecule has 0 amide bonds. The van der Waals surface area contributed by atoms with E-state index in [0.29, 0.717) is 5.82 Å². The van der Waals surface area contributed by atoms with Gasteiger partial charge in [0.05, 0.1) is 6.61 Å². The van der Waals surface area contributed by atoms with Crippen LogP contribution in [0.4, 0.5) is 0 Å². The largest absolute Gasteiger partial charge is 0.392 e. The van der Waals surface area contributed by atoms with Crippen LogP contribution in [0.5, 0.6) is 0 Å². The minimum atomic E-state index is 0.0481. The van der Waals surface area contributed by atoms with E-state index in [2.05, 4.69) is 20.6 Å². The first-order valence-corrected chi connectivity index (χ1v) is 3.84. The summed E-state index contributed by atoms with van der Waals surface area (Å²) in [6.45, 7) is 0.0481. The first-order valence-electron chi connectivity index (χ1n) is 3.84. The maximum Gasteiger partial charge on any atom is 0.204 e. The van der Waals surface area contributed by atoms with Gasteiger partial charge in [0, 0.05) is 5.56 Å². The molecule has 2 aromatic rings. The quantitative estimate of drug-likeness (QED) is 0.692. The van der Waals surface area contributed by atoms with Crippen molar-refractivity contribution in [2.45, 2.75) is 6.61 Å². The van der Waals surface area contributed by atoms with Crippen LogP contribution < -0.4 is 0 Å². The van der Waals surface area contributed by atoms with Crippen molar-refractivity contribution in [3.8, 4) is 11.4 Å². The van der Waals surface area contributed by atoms with Gasteiger partial charge < -0.3 is 5.11 Å². The third-order valence-electron chi connectivity index (χ3n) is 1.74. The molecule has 0 atom stereocenters. The maximum absolute atomic E-state index is 8.81. The van der Waals surface area contributed by atoms with Crippen molar-refractivity contribution >= 4 is 0 Å². The maximum atomic E-state index is 8.81. The Balaban J connectivity index is 2.33. The molecule has 66 valence electrons. The van der Waals surface area contributed by atoms with Crippen LogP contribution in [0.25, 0.3) is 11.4 Å². The SMILES string of the molecule is OCc1ccc(-c2nn[nH]n2)cc1. The minimum absolute atomic E-state index is 0.0481. The molecule has 5 nitrogen and oxygen atoms in total. The molecule has 0 radical (unpaired) electrons. The van der Waals surface area contributed by atoms with Gasteiger partial charge in [-0.1, -0.05) is 24.3 Å². The molecule has 0 saturated heterocycles. The van der Waals surface area contributed by atoms with Crippen molar-refractivity contribution in [3.05, 3.63) is 29.8 Å². The molecule has 0 aliphatic heterocycles. The van der Waals surface area contributed by atoms with E-state index in [9.17, 15) is 0 Å². The van der Waals surface area contributed by atoms with Crippen LogP contribution in [0, 0.1) is 0 Å². The topological polar surface area (TPSA) is 74.7 Å². The first-order chi connectivity index (χ1) is 6.40. The molecule has 0 aliphatic carbocycles. The number of aromatic nitrogens is 4. The third-order valence-corrected chi connectivity index (χ3v) is 1.74. The smallest absolute Gasteiger partial charge is 0.204 e. The number of hydrogen-bond donors (Lipinski definition) is 2. The molecule has 1 aromatic carbocycles. The molecular weight excluding hydrogens is 168 g/mol. The third kappa shape index (κ3) is 1.54. The summed E-state index contributed by atoms with van der Waals surface area (Å²) >= 11 is 0. The lowest BCUT2D eigenvalue weighted by Gasteiger charge is -1.96. The molecule has 13 heavy (non-hydrogen) atoms. The molecule has 0 saturated carbocycles. The Morgan fingerprint density at radius 2 is 2.00 bits per heavy atom. The van der Waals surface area contributed by atoms with Crippen LogP contribution in [0.15, 0.2) is 24.3 Å². The zero-order valence-corrected chi connectivity index (χ0v) is 6.81. The van der Waals surface area contributed by atoms with E-state index in [0.717, 1.165) is 11.1 Å². The molecule has 0 bridgehead atoms. The van der Waals surface area contributed by atoms with Crippen LogP contribution >= 0.6 is 0 Å². The van der Waals surface area contributed by atoms with Gasteiger partial charge in [-0.3, -0.25) is 0 Å². The van der Waals surface area contributed by atoms with Crippen LogP contribution in [0.2, 0.25) is 0 Å². The predicted octanol–water partition coefficient (Wildman–Crippen LogP) is 0.359. The van der Waals surface area contributed by atoms with Gasteiger partial charge in [-0.25, -0.2) is 0 Å². The first kappa shape index (κ1) is 7.88. The fourth-order valence-electron chi connectivity index (χ4n) is 1.04. The van der Waals surface area contributed by atoms with Gasteiger partial charge in [0.15, 0.2) is 0 Å². The number of tetrazole rings is 1. The van der Waals surface area contributed by atoms with Crippen LogP contribution in [-0.2, 0) is 6.61 Å². The van der Waals surface area contributed by atoms with E-state index < -0.39 is 0 Å².